The van der Waals surface area contributed by atoms with Crippen LogP contribution in [0.25, 0.3) is 10.9 Å². The second-order valence-corrected chi connectivity index (χ2v) is 5.74. The molecular weight excluding hydrogens is 284 g/mol. The summed E-state index contributed by atoms with van der Waals surface area (Å²) in [6, 6.07) is 13.6. The molecule has 0 radical (unpaired) electrons. The second kappa shape index (κ2) is 5.51. The first-order valence-corrected chi connectivity index (χ1v) is 7.29. The lowest BCUT2D eigenvalue weighted by Gasteiger charge is -2.13. The fourth-order valence-corrected chi connectivity index (χ4v) is 2.97. The number of hydrogen-bond donors (Lipinski definition) is 1. The van der Waals surface area contributed by atoms with Crippen molar-refractivity contribution in [1.82, 2.24) is 9.78 Å². The van der Waals surface area contributed by atoms with Gasteiger partial charge in [-0.25, -0.2) is 0 Å². The SMILES string of the molecule is Cc1cc(Cl)ccc1C(O)Cc1nn(C)c2ccccc12. The number of aryl methyl sites for hydroxylation is 2. The summed E-state index contributed by atoms with van der Waals surface area (Å²) in [5.41, 5.74) is 3.88. The molecule has 2 aromatic carbocycles. The van der Waals surface area contributed by atoms with Crippen molar-refractivity contribution in [2.75, 3.05) is 0 Å². The highest BCUT2D eigenvalue weighted by atomic mass is 35.5. The maximum absolute atomic E-state index is 10.5. The van der Waals surface area contributed by atoms with Crippen molar-refractivity contribution in [3.8, 4) is 0 Å². The zero-order valence-corrected chi connectivity index (χ0v) is 12.8. The standard InChI is InChI=1S/C17H17ClN2O/c1-11-9-12(18)7-8-13(11)17(21)10-15-14-5-3-4-6-16(14)20(2)19-15/h3-9,17,21H,10H2,1-2H3. The zero-order valence-electron chi connectivity index (χ0n) is 12.0. The van der Waals surface area contributed by atoms with Gasteiger partial charge in [0.1, 0.15) is 0 Å². The molecule has 4 heteroatoms. The molecule has 0 saturated carbocycles. The summed E-state index contributed by atoms with van der Waals surface area (Å²) in [7, 11) is 1.92. The van der Waals surface area contributed by atoms with Gasteiger partial charge >= 0.3 is 0 Å². The number of hydrogen-bond acceptors (Lipinski definition) is 2. The van der Waals surface area contributed by atoms with E-state index >= 15 is 0 Å². The van der Waals surface area contributed by atoms with Crippen LogP contribution in [0, 0.1) is 6.92 Å². The van der Waals surface area contributed by atoms with E-state index in [1.54, 1.807) is 0 Å². The fourth-order valence-electron chi connectivity index (χ4n) is 2.75. The van der Waals surface area contributed by atoms with Crippen LogP contribution in [0.5, 0.6) is 0 Å². The summed E-state index contributed by atoms with van der Waals surface area (Å²) < 4.78 is 1.85. The molecule has 108 valence electrons. The van der Waals surface area contributed by atoms with E-state index in [-0.39, 0.29) is 0 Å². The molecule has 1 atom stereocenters. The molecule has 21 heavy (non-hydrogen) atoms. The molecule has 3 aromatic rings. The number of aliphatic hydroxyl groups is 1. The van der Waals surface area contributed by atoms with E-state index < -0.39 is 6.10 Å². The van der Waals surface area contributed by atoms with E-state index in [0.29, 0.717) is 11.4 Å². The van der Waals surface area contributed by atoms with Crippen LogP contribution in [0.15, 0.2) is 42.5 Å². The van der Waals surface area contributed by atoms with E-state index in [9.17, 15) is 5.11 Å². The molecule has 1 N–H and O–H groups in total. The van der Waals surface area contributed by atoms with Gasteiger partial charge in [0, 0.05) is 23.9 Å². The Kier molecular flexibility index (Phi) is 3.70. The van der Waals surface area contributed by atoms with Gasteiger partial charge in [0.2, 0.25) is 0 Å². The summed E-state index contributed by atoms with van der Waals surface area (Å²) in [6.07, 6.45) is -0.0929. The van der Waals surface area contributed by atoms with Crippen molar-refractivity contribution in [2.24, 2.45) is 7.05 Å². The van der Waals surface area contributed by atoms with Crippen molar-refractivity contribution in [3.63, 3.8) is 0 Å². The van der Waals surface area contributed by atoms with Crippen LogP contribution in [-0.4, -0.2) is 14.9 Å². The Labute approximate surface area is 128 Å². The Hall–Kier alpha value is -1.84. The van der Waals surface area contributed by atoms with Crippen LogP contribution >= 0.6 is 11.6 Å². The Morgan fingerprint density at radius 2 is 2.00 bits per heavy atom. The van der Waals surface area contributed by atoms with Crippen LogP contribution in [0.2, 0.25) is 5.02 Å². The number of benzene rings is 2. The van der Waals surface area contributed by atoms with Crippen molar-refractivity contribution in [1.29, 1.82) is 0 Å². The maximum Gasteiger partial charge on any atom is 0.0848 e. The molecule has 1 aromatic heterocycles. The molecule has 3 rings (SSSR count). The van der Waals surface area contributed by atoms with E-state index in [4.69, 9.17) is 11.6 Å². The molecule has 0 bridgehead atoms. The third-order valence-electron chi connectivity index (χ3n) is 3.81. The van der Waals surface area contributed by atoms with Gasteiger partial charge < -0.3 is 5.11 Å². The molecule has 0 aliphatic rings. The predicted molar refractivity (Wildman–Crippen MR) is 85.6 cm³/mol. The van der Waals surface area contributed by atoms with Crippen molar-refractivity contribution in [3.05, 3.63) is 64.3 Å². The molecule has 0 saturated heterocycles. The average molecular weight is 301 g/mol. The molecule has 0 aliphatic carbocycles. The van der Waals surface area contributed by atoms with Crippen LogP contribution in [0.4, 0.5) is 0 Å². The predicted octanol–water partition coefficient (Wildman–Crippen LogP) is 3.81. The van der Waals surface area contributed by atoms with Gasteiger partial charge in [-0.15, -0.1) is 0 Å². The first-order chi connectivity index (χ1) is 10.1. The summed E-state index contributed by atoms with van der Waals surface area (Å²) in [5, 5.41) is 16.8. The lowest BCUT2D eigenvalue weighted by atomic mass is 9.99. The van der Waals surface area contributed by atoms with Crippen molar-refractivity contribution in [2.45, 2.75) is 19.4 Å². The van der Waals surface area contributed by atoms with Gasteiger partial charge in [0.05, 0.1) is 17.3 Å². The topological polar surface area (TPSA) is 38.1 Å². The normalized spacial score (nSPS) is 12.8. The second-order valence-electron chi connectivity index (χ2n) is 5.31. The molecule has 0 spiro atoms. The third-order valence-corrected chi connectivity index (χ3v) is 4.05. The lowest BCUT2D eigenvalue weighted by molar-refractivity contribution is 0.176. The van der Waals surface area contributed by atoms with Crippen LogP contribution in [0.1, 0.15) is 22.9 Å². The quantitative estimate of drug-likeness (QED) is 0.798. The Morgan fingerprint density at radius 3 is 2.76 bits per heavy atom. The van der Waals surface area contributed by atoms with Gasteiger partial charge in [0.25, 0.3) is 0 Å². The molecular formula is C17H17ClN2O. The number of rotatable bonds is 3. The highest BCUT2D eigenvalue weighted by Crippen LogP contribution is 2.26. The fraction of sp³-hybridized carbons (Fsp3) is 0.235. The van der Waals surface area contributed by atoms with E-state index in [1.165, 1.54) is 0 Å². The first-order valence-electron chi connectivity index (χ1n) is 6.91. The molecule has 0 fully saturated rings. The van der Waals surface area contributed by atoms with Crippen LogP contribution in [-0.2, 0) is 13.5 Å². The summed E-state index contributed by atoms with van der Waals surface area (Å²) >= 11 is 5.97. The minimum atomic E-state index is -0.583. The van der Waals surface area contributed by atoms with E-state index in [2.05, 4.69) is 5.10 Å². The lowest BCUT2D eigenvalue weighted by Crippen LogP contribution is -2.05. The van der Waals surface area contributed by atoms with Gasteiger partial charge in [-0.1, -0.05) is 35.9 Å². The third kappa shape index (κ3) is 2.67. The summed E-state index contributed by atoms with van der Waals surface area (Å²) in [4.78, 5) is 0. The number of fused-ring (bicyclic) bond motifs is 1. The van der Waals surface area contributed by atoms with E-state index in [0.717, 1.165) is 27.7 Å². The van der Waals surface area contributed by atoms with E-state index in [1.807, 2.05) is 61.1 Å². The number of para-hydroxylation sites is 1. The van der Waals surface area contributed by atoms with Crippen LogP contribution in [0.3, 0.4) is 0 Å². The molecule has 1 unspecified atom stereocenters. The minimum absolute atomic E-state index is 0.490. The molecule has 1 heterocycles. The Morgan fingerprint density at radius 1 is 1.24 bits per heavy atom. The van der Waals surface area contributed by atoms with Crippen LogP contribution < -0.4 is 0 Å². The van der Waals surface area contributed by atoms with Gasteiger partial charge in [-0.05, 0) is 36.2 Å². The van der Waals surface area contributed by atoms with Gasteiger partial charge in [-0.2, -0.15) is 5.10 Å². The monoisotopic (exact) mass is 300 g/mol. The highest BCUT2D eigenvalue weighted by Gasteiger charge is 2.16. The average Bonchev–Trinajstić information content (AvgIpc) is 2.76. The molecule has 3 nitrogen and oxygen atoms in total. The zero-order chi connectivity index (χ0) is 15.0. The summed E-state index contributed by atoms with van der Waals surface area (Å²) in [5.74, 6) is 0. The smallest absolute Gasteiger partial charge is 0.0848 e. The maximum atomic E-state index is 10.5. The number of halogens is 1. The number of nitrogens with zero attached hydrogens (tertiary/aromatic N) is 2. The Balaban J connectivity index is 1.94. The van der Waals surface area contributed by atoms with Gasteiger partial charge in [-0.3, -0.25) is 4.68 Å². The number of aliphatic hydroxyl groups excluding tert-OH is 1. The summed E-state index contributed by atoms with van der Waals surface area (Å²) in [6.45, 7) is 1.96. The minimum Gasteiger partial charge on any atom is -0.388 e. The number of aromatic nitrogens is 2. The molecule has 0 amide bonds. The largest absolute Gasteiger partial charge is 0.388 e. The molecule has 0 aliphatic heterocycles. The van der Waals surface area contributed by atoms with Crippen molar-refractivity contribution < 1.29 is 5.11 Å². The first kappa shape index (κ1) is 14.1. The van der Waals surface area contributed by atoms with Crippen molar-refractivity contribution >= 4 is 22.5 Å². The Bertz CT molecular complexity index is 795. The van der Waals surface area contributed by atoms with Gasteiger partial charge in [0.15, 0.2) is 0 Å². The highest BCUT2D eigenvalue weighted by molar-refractivity contribution is 6.30.